The molecule has 0 aliphatic carbocycles. The lowest BCUT2D eigenvalue weighted by molar-refractivity contribution is 0.0934. The van der Waals surface area contributed by atoms with E-state index in [1.54, 1.807) is 6.92 Å². The number of rotatable bonds is 8. The van der Waals surface area contributed by atoms with Crippen molar-refractivity contribution in [2.45, 2.75) is 58.2 Å². The van der Waals surface area contributed by atoms with Crippen LogP contribution in [0.25, 0.3) is 0 Å². The highest BCUT2D eigenvalue weighted by molar-refractivity contribution is 7.11. The van der Waals surface area contributed by atoms with Crippen molar-refractivity contribution in [3.8, 4) is 11.8 Å². The highest BCUT2D eigenvalue weighted by atomic mass is 35.5. The number of nitrogens with zero attached hydrogens (tertiary/aromatic N) is 5. The molecule has 0 fully saturated rings. The Bertz CT molecular complexity index is 1320. The first-order valence-corrected chi connectivity index (χ1v) is 12.9. The molecule has 0 aliphatic heterocycles. The van der Waals surface area contributed by atoms with E-state index in [1.807, 2.05) is 20.8 Å². The highest BCUT2D eigenvalue weighted by Gasteiger charge is 2.23. The van der Waals surface area contributed by atoms with Crippen LogP contribution in [0.3, 0.4) is 0 Å². The van der Waals surface area contributed by atoms with Gasteiger partial charge < -0.3 is 20.8 Å². The summed E-state index contributed by atoms with van der Waals surface area (Å²) in [6.45, 7) is 7.73. The molecule has 3 heterocycles. The van der Waals surface area contributed by atoms with Gasteiger partial charge in [-0.15, -0.1) is 11.3 Å². The summed E-state index contributed by atoms with van der Waals surface area (Å²) in [6, 6.07) is -0.497. The Kier molecular flexibility index (Phi) is 9.75. The molecule has 0 saturated carbocycles. The Hall–Kier alpha value is -2.88. The van der Waals surface area contributed by atoms with Gasteiger partial charge >= 0.3 is 0 Å². The Labute approximate surface area is 228 Å². The van der Waals surface area contributed by atoms with E-state index in [2.05, 4.69) is 47.4 Å². The molecule has 1 amide bonds. The van der Waals surface area contributed by atoms with Crippen LogP contribution in [0.1, 0.15) is 84.6 Å². The third-order valence-corrected chi connectivity index (χ3v) is 6.79. The number of nitrogens with one attached hydrogen (secondary N) is 2. The molecule has 3 rings (SSSR count). The molecule has 0 aromatic carbocycles. The van der Waals surface area contributed by atoms with Crippen LogP contribution in [0, 0.1) is 11.8 Å². The van der Waals surface area contributed by atoms with Gasteiger partial charge in [-0.3, -0.25) is 4.79 Å². The van der Waals surface area contributed by atoms with Crippen LogP contribution in [0.15, 0.2) is 18.7 Å². The molecule has 3 aromatic heterocycles. The van der Waals surface area contributed by atoms with Crippen molar-refractivity contribution in [2.75, 3.05) is 11.9 Å². The van der Waals surface area contributed by atoms with Crippen molar-refractivity contribution in [1.82, 2.24) is 30.2 Å². The minimum atomic E-state index is -1.12. The number of anilines is 1. The lowest BCUT2D eigenvalue weighted by Crippen LogP contribution is -2.28. The van der Waals surface area contributed by atoms with Crippen molar-refractivity contribution in [3.05, 3.63) is 55.7 Å². The van der Waals surface area contributed by atoms with Gasteiger partial charge in [0.1, 0.15) is 22.1 Å². The van der Waals surface area contributed by atoms with Crippen molar-refractivity contribution < 1.29 is 15.0 Å². The predicted octanol–water partition coefficient (Wildman–Crippen LogP) is 4.05. The summed E-state index contributed by atoms with van der Waals surface area (Å²) in [4.78, 5) is 34.2. The minimum absolute atomic E-state index is 0.0111. The van der Waals surface area contributed by atoms with Crippen LogP contribution in [0.4, 0.5) is 5.95 Å². The molecular weight excluding hydrogens is 537 g/mol. The molecule has 4 N–H and O–H groups in total. The molecule has 0 saturated heterocycles. The topological polar surface area (TPSA) is 146 Å². The van der Waals surface area contributed by atoms with Crippen molar-refractivity contribution >= 4 is 46.4 Å². The van der Waals surface area contributed by atoms with Gasteiger partial charge in [0.25, 0.3) is 5.91 Å². The molecule has 2 atom stereocenters. The first-order chi connectivity index (χ1) is 17.5. The number of carbonyl (C=O) groups is 1. The first-order valence-electron chi connectivity index (χ1n) is 11.4. The van der Waals surface area contributed by atoms with Crippen molar-refractivity contribution in [3.63, 3.8) is 0 Å². The number of hydrogen-bond donors (Lipinski definition) is 4. The summed E-state index contributed by atoms with van der Waals surface area (Å²) in [5.41, 5.74) is 0.579. The van der Waals surface area contributed by atoms with E-state index in [0.717, 1.165) is 0 Å². The first kappa shape index (κ1) is 28.7. The number of carbonyl (C=O) groups excluding carboxylic acids is 1. The summed E-state index contributed by atoms with van der Waals surface area (Å²) in [5.74, 6) is 5.35. The quantitative estimate of drug-likeness (QED) is 0.181. The number of thiazole rings is 1. The molecule has 0 aliphatic rings. The zero-order valence-electron chi connectivity index (χ0n) is 20.7. The van der Waals surface area contributed by atoms with Gasteiger partial charge in [-0.2, -0.15) is 0 Å². The lowest BCUT2D eigenvalue weighted by Gasteiger charge is -2.20. The fraction of sp³-hybridized carbons (Fsp3) is 0.417. The Morgan fingerprint density at radius 3 is 2.65 bits per heavy atom. The fourth-order valence-electron chi connectivity index (χ4n) is 3.04. The summed E-state index contributed by atoms with van der Waals surface area (Å²) in [5, 5.41) is 26.2. The van der Waals surface area contributed by atoms with Crippen LogP contribution >= 0.6 is 34.5 Å². The molecule has 196 valence electrons. The average molecular weight is 564 g/mol. The summed E-state index contributed by atoms with van der Waals surface area (Å²) >= 11 is 13.7. The van der Waals surface area contributed by atoms with Crippen molar-refractivity contribution in [1.29, 1.82) is 0 Å². The second-order valence-electron chi connectivity index (χ2n) is 9.00. The van der Waals surface area contributed by atoms with Gasteiger partial charge in [-0.1, -0.05) is 49.9 Å². The van der Waals surface area contributed by atoms with Gasteiger partial charge in [-0.05, 0) is 19.3 Å². The molecule has 2 unspecified atom stereocenters. The van der Waals surface area contributed by atoms with Crippen LogP contribution in [-0.2, 0) is 5.41 Å². The van der Waals surface area contributed by atoms with E-state index in [0.29, 0.717) is 33.4 Å². The molecule has 0 spiro atoms. The number of aliphatic hydroxyl groups excluding tert-OH is 2. The van der Waals surface area contributed by atoms with Gasteiger partial charge in [0.15, 0.2) is 11.9 Å². The van der Waals surface area contributed by atoms with Gasteiger partial charge in [-0.25, -0.2) is 24.9 Å². The summed E-state index contributed by atoms with van der Waals surface area (Å²) < 4.78 is 0. The van der Waals surface area contributed by atoms with Crippen molar-refractivity contribution in [2.24, 2.45) is 0 Å². The highest BCUT2D eigenvalue weighted by Crippen LogP contribution is 2.30. The Balaban J connectivity index is 1.68. The smallest absolute Gasteiger partial charge is 0.272 e. The second kappa shape index (κ2) is 12.6. The van der Waals surface area contributed by atoms with E-state index in [1.165, 1.54) is 30.1 Å². The number of unbranched alkanes of at least 4 members (excludes halogenated alkanes) is 1. The molecule has 3 aromatic rings. The third kappa shape index (κ3) is 7.56. The standard InChI is InChI=1S/C24H27Cl2N7O3S/c1-13(31-21(36)18-17(26)15(29-12-30-18)8-6-5-7-9-34)22-27-11-16(37-22)20(35)33-23-28-10-14(25)19(32-23)24(2,3)4/h10-13,20,34-35H,5,7,9H2,1-4H3,(H,31,36)(H,28,32,33). The zero-order valence-corrected chi connectivity index (χ0v) is 23.0. The van der Waals surface area contributed by atoms with Crippen LogP contribution in [0.2, 0.25) is 10.0 Å². The van der Waals surface area contributed by atoms with Gasteiger partial charge in [0.05, 0.1) is 27.8 Å². The third-order valence-electron chi connectivity index (χ3n) is 4.92. The number of hydrogen-bond acceptors (Lipinski definition) is 10. The lowest BCUT2D eigenvalue weighted by atomic mass is 9.92. The zero-order chi connectivity index (χ0) is 27.2. The fourth-order valence-corrected chi connectivity index (χ4v) is 4.50. The maximum absolute atomic E-state index is 12.8. The number of aliphatic hydroxyl groups is 2. The summed E-state index contributed by atoms with van der Waals surface area (Å²) in [6.07, 6.45) is 4.11. The molecule has 13 heteroatoms. The Morgan fingerprint density at radius 1 is 1.19 bits per heavy atom. The molecule has 37 heavy (non-hydrogen) atoms. The normalized spacial score (nSPS) is 12.9. The number of amides is 1. The van der Waals surface area contributed by atoms with Gasteiger partial charge in [0, 0.05) is 24.6 Å². The van der Waals surface area contributed by atoms with E-state index < -0.39 is 18.2 Å². The SMILES string of the molecule is CC(NC(=O)c1ncnc(C#CCCCO)c1Cl)c1ncc(C(O)Nc2ncc(Cl)c(C(C)(C)C)n2)s1. The predicted molar refractivity (Wildman–Crippen MR) is 143 cm³/mol. The minimum Gasteiger partial charge on any atom is -0.396 e. The largest absolute Gasteiger partial charge is 0.396 e. The molecule has 0 radical (unpaired) electrons. The van der Waals surface area contributed by atoms with Gasteiger partial charge in [0.2, 0.25) is 5.95 Å². The average Bonchev–Trinajstić information content (AvgIpc) is 3.34. The van der Waals surface area contributed by atoms with Crippen LogP contribution < -0.4 is 10.6 Å². The monoisotopic (exact) mass is 563 g/mol. The van der Waals surface area contributed by atoms with E-state index in [-0.39, 0.29) is 34.4 Å². The van der Waals surface area contributed by atoms with Crippen LogP contribution in [0.5, 0.6) is 0 Å². The number of halogens is 2. The molecular formula is C24H27Cl2N7O3S. The maximum Gasteiger partial charge on any atom is 0.272 e. The van der Waals surface area contributed by atoms with E-state index in [4.69, 9.17) is 28.3 Å². The van der Waals surface area contributed by atoms with E-state index >= 15 is 0 Å². The Morgan fingerprint density at radius 2 is 1.95 bits per heavy atom. The maximum atomic E-state index is 12.8. The second-order valence-corrected chi connectivity index (χ2v) is 10.9. The van der Waals surface area contributed by atoms with Crippen LogP contribution in [-0.4, -0.2) is 47.6 Å². The number of aromatic nitrogens is 5. The molecule has 0 bridgehead atoms. The summed E-state index contributed by atoms with van der Waals surface area (Å²) in [7, 11) is 0. The van der Waals surface area contributed by atoms with E-state index in [9.17, 15) is 9.90 Å². The molecule has 10 nitrogen and oxygen atoms in total.